The van der Waals surface area contributed by atoms with Gasteiger partial charge in [-0.1, -0.05) is 24.3 Å². The number of ketones is 1. The zero-order valence-electron chi connectivity index (χ0n) is 22.4. The molecule has 39 heavy (non-hydrogen) atoms. The molecule has 2 aliphatic heterocycles. The van der Waals surface area contributed by atoms with Crippen LogP contribution >= 0.6 is 0 Å². The minimum atomic E-state index is -1.11. The van der Waals surface area contributed by atoms with Crippen molar-refractivity contribution in [3.05, 3.63) is 64.9 Å². The van der Waals surface area contributed by atoms with Crippen LogP contribution in [0.3, 0.4) is 0 Å². The van der Waals surface area contributed by atoms with E-state index in [1.54, 1.807) is 46.1 Å². The number of methoxy groups -OCH3 is 1. The Morgan fingerprint density at radius 3 is 2.49 bits per heavy atom. The minimum absolute atomic E-state index is 0.0869. The zero-order valence-corrected chi connectivity index (χ0v) is 22.4. The molecule has 0 amide bonds. The fraction of sp³-hybridized carbons (Fsp3) is 0.400. The smallest absolute Gasteiger partial charge is 0.336 e. The summed E-state index contributed by atoms with van der Waals surface area (Å²) in [5.41, 5.74) is 2.76. The van der Waals surface area contributed by atoms with Crippen molar-refractivity contribution in [2.24, 2.45) is 16.8 Å². The molecule has 1 unspecified atom stereocenters. The molecule has 3 aliphatic rings. The number of fused-ring (bicyclic) bond motifs is 2. The summed E-state index contributed by atoms with van der Waals surface area (Å²) in [6.07, 6.45) is 0.314. The second kappa shape index (κ2) is 10.9. The summed E-state index contributed by atoms with van der Waals surface area (Å²) in [5.74, 6) is -3.08. The SMILES string of the molecule is CCOC(=O)C1=C(C)N=C2C[C@@H](c3ccccc3OC)[C@@H](C(=O)OCC)C(=O)C2[C@@H]1c1ccc2c(c1)OCO2. The van der Waals surface area contributed by atoms with Gasteiger partial charge < -0.3 is 23.7 Å². The van der Waals surface area contributed by atoms with E-state index in [1.165, 1.54) is 0 Å². The number of esters is 2. The van der Waals surface area contributed by atoms with Gasteiger partial charge in [-0.05, 0) is 56.5 Å². The number of para-hydroxylation sites is 1. The maximum absolute atomic E-state index is 14.5. The van der Waals surface area contributed by atoms with Crippen molar-refractivity contribution in [3.63, 3.8) is 0 Å². The van der Waals surface area contributed by atoms with Crippen molar-refractivity contribution in [2.45, 2.75) is 39.0 Å². The minimum Gasteiger partial charge on any atom is -0.496 e. The molecule has 0 bridgehead atoms. The molecule has 2 aromatic carbocycles. The topological polar surface area (TPSA) is 110 Å². The van der Waals surface area contributed by atoms with E-state index in [1.807, 2.05) is 24.3 Å². The number of aliphatic imine (C=N–C) groups is 1. The molecular weight excluding hydrogens is 502 g/mol. The normalized spacial score (nSPS) is 23.6. The van der Waals surface area contributed by atoms with Gasteiger partial charge in [0, 0.05) is 23.2 Å². The molecule has 1 saturated carbocycles. The summed E-state index contributed by atoms with van der Waals surface area (Å²) in [4.78, 5) is 45.9. The van der Waals surface area contributed by atoms with Crippen molar-refractivity contribution in [1.29, 1.82) is 0 Å². The Morgan fingerprint density at radius 2 is 1.74 bits per heavy atom. The monoisotopic (exact) mass is 533 g/mol. The maximum atomic E-state index is 14.5. The van der Waals surface area contributed by atoms with E-state index >= 15 is 0 Å². The molecule has 2 aromatic rings. The summed E-state index contributed by atoms with van der Waals surface area (Å²) >= 11 is 0. The van der Waals surface area contributed by atoms with Crippen molar-refractivity contribution in [1.82, 2.24) is 0 Å². The lowest BCUT2D eigenvalue weighted by molar-refractivity contribution is -0.153. The van der Waals surface area contributed by atoms with Gasteiger partial charge in [0.2, 0.25) is 6.79 Å². The molecule has 204 valence electrons. The lowest BCUT2D eigenvalue weighted by Crippen LogP contribution is -2.48. The third kappa shape index (κ3) is 4.66. The Bertz CT molecular complexity index is 1380. The lowest BCUT2D eigenvalue weighted by Gasteiger charge is -2.41. The Balaban J connectivity index is 1.68. The number of allylic oxidation sites excluding steroid dienone is 1. The summed E-state index contributed by atoms with van der Waals surface area (Å²) in [5, 5.41) is 0. The van der Waals surface area contributed by atoms with Crippen LogP contribution in [-0.2, 0) is 23.9 Å². The predicted octanol–water partition coefficient (Wildman–Crippen LogP) is 4.35. The van der Waals surface area contributed by atoms with Crippen molar-refractivity contribution in [3.8, 4) is 17.2 Å². The van der Waals surface area contributed by atoms with Crippen LogP contribution < -0.4 is 14.2 Å². The fourth-order valence-electron chi connectivity index (χ4n) is 5.89. The van der Waals surface area contributed by atoms with Crippen molar-refractivity contribution >= 4 is 23.4 Å². The Labute approximate surface area is 226 Å². The van der Waals surface area contributed by atoms with Crippen LogP contribution in [0.1, 0.15) is 50.2 Å². The van der Waals surface area contributed by atoms with Gasteiger partial charge in [-0.2, -0.15) is 0 Å². The van der Waals surface area contributed by atoms with E-state index in [2.05, 4.69) is 0 Å². The molecule has 0 radical (unpaired) electrons. The summed E-state index contributed by atoms with van der Waals surface area (Å²) in [6.45, 7) is 5.56. The van der Waals surface area contributed by atoms with E-state index < -0.39 is 35.6 Å². The van der Waals surface area contributed by atoms with Crippen molar-refractivity contribution in [2.75, 3.05) is 27.1 Å². The molecule has 0 saturated heterocycles. The predicted molar refractivity (Wildman–Crippen MR) is 141 cm³/mol. The van der Waals surface area contributed by atoms with Crippen LogP contribution in [0.5, 0.6) is 17.2 Å². The Morgan fingerprint density at radius 1 is 1.00 bits per heavy atom. The first-order valence-electron chi connectivity index (χ1n) is 13.1. The molecule has 0 aromatic heterocycles. The average molecular weight is 534 g/mol. The van der Waals surface area contributed by atoms with E-state index in [0.29, 0.717) is 40.6 Å². The van der Waals surface area contributed by atoms with Crippen LogP contribution in [0.25, 0.3) is 0 Å². The zero-order chi connectivity index (χ0) is 27.7. The molecule has 0 N–H and O–H groups in total. The molecule has 5 rings (SSSR count). The first-order valence-corrected chi connectivity index (χ1v) is 13.1. The molecule has 0 spiro atoms. The van der Waals surface area contributed by atoms with Gasteiger partial charge in [0.15, 0.2) is 17.3 Å². The largest absolute Gasteiger partial charge is 0.496 e. The molecule has 2 heterocycles. The maximum Gasteiger partial charge on any atom is 0.336 e. The van der Waals surface area contributed by atoms with Crippen molar-refractivity contribution < 1.29 is 38.1 Å². The number of ether oxygens (including phenoxy) is 5. The molecular formula is C30H31NO8. The number of Topliss-reactive ketones (excluding diaryl/α,β-unsaturated/α-hetero) is 1. The van der Waals surface area contributed by atoms with E-state index in [-0.39, 0.29) is 31.4 Å². The van der Waals surface area contributed by atoms with E-state index in [9.17, 15) is 14.4 Å². The molecule has 4 atom stereocenters. The number of carbonyl (C=O) groups is 3. The second-order valence-electron chi connectivity index (χ2n) is 9.58. The number of rotatable bonds is 7. The van der Waals surface area contributed by atoms with Gasteiger partial charge in [-0.3, -0.25) is 14.6 Å². The fourth-order valence-corrected chi connectivity index (χ4v) is 5.89. The summed E-state index contributed by atoms with van der Waals surface area (Å²) in [7, 11) is 1.55. The van der Waals surface area contributed by atoms with Gasteiger partial charge in [-0.15, -0.1) is 0 Å². The Hall–Kier alpha value is -4.14. The highest BCUT2D eigenvalue weighted by atomic mass is 16.7. The summed E-state index contributed by atoms with van der Waals surface area (Å²) in [6, 6.07) is 12.7. The molecule has 1 aliphatic carbocycles. The third-order valence-electron chi connectivity index (χ3n) is 7.48. The van der Waals surface area contributed by atoms with Crippen LogP contribution in [-0.4, -0.2) is 50.6 Å². The van der Waals surface area contributed by atoms with Crippen LogP contribution in [0, 0.1) is 11.8 Å². The van der Waals surface area contributed by atoms with Gasteiger partial charge >= 0.3 is 11.9 Å². The third-order valence-corrected chi connectivity index (χ3v) is 7.48. The molecule has 9 heteroatoms. The van der Waals surface area contributed by atoms with Gasteiger partial charge in [0.05, 0.1) is 31.8 Å². The average Bonchev–Trinajstić information content (AvgIpc) is 3.40. The Kier molecular flexibility index (Phi) is 7.41. The van der Waals surface area contributed by atoms with Crippen LogP contribution in [0.2, 0.25) is 0 Å². The lowest BCUT2D eigenvalue weighted by atomic mass is 9.62. The first kappa shape index (κ1) is 26.5. The van der Waals surface area contributed by atoms with Gasteiger partial charge in [0.1, 0.15) is 11.7 Å². The molecule has 9 nitrogen and oxygen atoms in total. The van der Waals surface area contributed by atoms with E-state index in [0.717, 1.165) is 5.56 Å². The number of hydrogen-bond donors (Lipinski definition) is 0. The second-order valence-corrected chi connectivity index (χ2v) is 9.58. The highest BCUT2D eigenvalue weighted by molar-refractivity contribution is 6.18. The number of nitrogens with zero attached hydrogens (tertiary/aromatic N) is 1. The quantitative estimate of drug-likeness (QED) is 0.382. The molecule has 1 fully saturated rings. The van der Waals surface area contributed by atoms with Crippen LogP contribution in [0.15, 0.2) is 58.7 Å². The first-order chi connectivity index (χ1) is 18.9. The standard InChI is InChI=1S/C30H31NO8/c1-5-36-29(33)24-16(3)31-20-14-19(18-9-7-8-10-21(18)35-4)26(30(34)37-6-2)28(32)27(20)25(24)17-11-12-22-23(13-17)39-15-38-22/h7-13,19,25-27H,5-6,14-15H2,1-4H3/t19-,25+,26+,27?/m0/s1. The van der Waals surface area contributed by atoms with Gasteiger partial charge in [0.25, 0.3) is 0 Å². The van der Waals surface area contributed by atoms with E-state index in [4.69, 9.17) is 28.7 Å². The summed E-state index contributed by atoms with van der Waals surface area (Å²) < 4.78 is 27.5. The number of carbonyl (C=O) groups excluding carboxylic acids is 3. The highest BCUT2D eigenvalue weighted by Gasteiger charge is 2.53. The van der Waals surface area contributed by atoms with Crippen LogP contribution in [0.4, 0.5) is 0 Å². The highest BCUT2D eigenvalue weighted by Crippen LogP contribution is 2.50. The number of benzene rings is 2. The number of hydrogen-bond acceptors (Lipinski definition) is 9. The van der Waals surface area contributed by atoms with Gasteiger partial charge in [-0.25, -0.2) is 4.79 Å².